The van der Waals surface area contributed by atoms with Crippen LogP contribution in [-0.4, -0.2) is 44.9 Å². The van der Waals surface area contributed by atoms with Gasteiger partial charge in [0.2, 0.25) is 5.91 Å². The zero-order valence-corrected chi connectivity index (χ0v) is 10.8. The molecule has 0 aromatic carbocycles. The molecule has 2 heterocycles. The van der Waals surface area contributed by atoms with Crippen molar-refractivity contribution in [3.05, 3.63) is 12.4 Å². The summed E-state index contributed by atoms with van der Waals surface area (Å²) in [5.74, 6) is 0.536. The smallest absolute Gasteiger partial charge is 0.239 e. The molecular weight excluding hydrogens is 230 g/mol. The highest BCUT2D eigenvalue weighted by molar-refractivity contribution is 5.81. The maximum Gasteiger partial charge on any atom is 0.239 e. The molecule has 1 aromatic heterocycles. The van der Waals surface area contributed by atoms with Crippen LogP contribution in [0.2, 0.25) is 0 Å². The predicted molar refractivity (Wildman–Crippen MR) is 67.6 cm³/mol. The molecule has 2 rings (SSSR count). The summed E-state index contributed by atoms with van der Waals surface area (Å²) in [7, 11) is 0. The highest BCUT2D eigenvalue weighted by Gasteiger charge is 2.26. The van der Waals surface area contributed by atoms with Crippen molar-refractivity contribution in [3.8, 4) is 0 Å². The number of nitrogens with zero attached hydrogens (tertiary/aromatic N) is 4. The molecule has 1 aliphatic rings. The van der Waals surface area contributed by atoms with Crippen molar-refractivity contribution >= 4 is 5.91 Å². The Balaban J connectivity index is 1.90. The number of aromatic nitrogens is 3. The van der Waals surface area contributed by atoms with Gasteiger partial charge in [0.15, 0.2) is 0 Å². The Morgan fingerprint density at radius 3 is 3.11 bits per heavy atom. The standard InChI is InChI=1S/C12H21N5O/c1-2-11(13)12(18)16-6-3-4-10(8-16)9-17-7-5-14-15-17/h5,7,10-11H,2-4,6,8-9,13H2,1H3/t10-,11+/m1/s1. The monoisotopic (exact) mass is 251 g/mol. The van der Waals surface area contributed by atoms with Gasteiger partial charge in [0.1, 0.15) is 0 Å². The first-order chi connectivity index (χ1) is 8.70. The number of carbonyl (C=O) groups excluding carboxylic acids is 1. The number of nitrogens with two attached hydrogens (primary N) is 1. The zero-order chi connectivity index (χ0) is 13.0. The Morgan fingerprint density at radius 1 is 1.61 bits per heavy atom. The van der Waals surface area contributed by atoms with Gasteiger partial charge >= 0.3 is 0 Å². The Kier molecular flexibility index (Phi) is 4.30. The minimum absolute atomic E-state index is 0.0841. The molecule has 1 fully saturated rings. The summed E-state index contributed by atoms with van der Waals surface area (Å²) in [4.78, 5) is 13.9. The molecule has 2 N–H and O–H groups in total. The van der Waals surface area contributed by atoms with Crippen molar-refractivity contribution in [2.24, 2.45) is 11.7 Å². The van der Waals surface area contributed by atoms with Gasteiger partial charge in [-0.05, 0) is 25.2 Å². The average molecular weight is 251 g/mol. The molecule has 100 valence electrons. The fourth-order valence-corrected chi connectivity index (χ4v) is 2.42. The Bertz CT molecular complexity index is 378. The third-order valence-corrected chi connectivity index (χ3v) is 3.50. The number of rotatable bonds is 4. The molecule has 1 aliphatic heterocycles. The number of hydrogen-bond donors (Lipinski definition) is 1. The van der Waals surface area contributed by atoms with Crippen LogP contribution in [0, 0.1) is 5.92 Å². The molecule has 0 spiro atoms. The molecule has 0 bridgehead atoms. The van der Waals surface area contributed by atoms with E-state index in [0.717, 1.165) is 32.5 Å². The normalized spacial score (nSPS) is 21.9. The summed E-state index contributed by atoms with van der Waals surface area (Å²) in [5, 5.41) is 7.77. The van der Waals surface area contributed by atoms with Crippen LogP contribution in [0.4, 0.5) is 0 Å². The second-order valence-electron chi connectivity index (χ2n) is 4.93. The molecule has 0 saturated carbocycles. The maximum atomic E-state index is 12.0. The van der Waals surface area contributed by atoms with E-state index < -0.39 is 0 Å². The molecule has 0 radical (unpaired) electrons. The fraction of sp³-hybridized carbons (Fsp3) is 0.750. The summed E-state index contributed by atoms with van der Waals surface area (Å²) in [6, 6.07) is -0.352. The van der Waals surface area contributed by atoms with Gasteiger partial charge in [-0.15, -0.1) is 5.10 Å². The van der Waals surface area contributed by atoms with Crippen LogP contribution in [0.1, 0.15) is 26.2 Å². The van der Waals surface area contributed by atoms with E-state index in [4.69, 9.17) is 5.73 Å². The molecule has 6 heteroatoms. The van der Waals surface area contributed by atoms with Crippen LogP contribution in [-0.2, 0) is 11.3 Å². The minimum Gasteiger partial charge on any atom is -0.341 e. The largest absolute Gasteiger partial charge is 0.341 e. The van der Waals surface area contributed by atoms with Gasteiger partial charge in [0.25, 0.3) is 0 Å². The van der Waals surface area contributed by atoms with Crippen molar-refractivity contribution in [2.45, 2.75) is 38.8 Å². The van der Waals surface area contributed by atoms with Crippen LogP contribution in [0.3, 0.4) is 0 Å². The third-order valence-electron chi connectivity index (χ3n) is 3.50. The minimum atomic E-state index is -0.352. The van der Waals surface area contributed by atoms with Crippen molar-refractivity contribution < 1.29 is 4.79 Å². The van der Waals surface area contributed by atoms with E-state index in [1.807, 2.05) is 22.7 Å². The van der Waals surface area contributed by atoms with E-state index in [-0.39, 0.29) is 11.9 Å². The Hall–Kier alpha value is -1.43. The highest BCUT2D eigenvalue weighted by Crippen LogP contribution is 2.18. The lowest BCUT2D eigenvalue weighted by Gasteiger charge is -2.34. The molecular formula is C12H21N5O. The number of piperidine rings is 1. The van der Waals surface area contributed by atoms with E-state index >= 15 is 0 Å². The first kappa shape index (κ1) is 13.0. The molecule has 1 amide bonds. The zero-order valence-electron chi connectivity index (χ0n) is 10.8. The lowest BCUT2D eigenvalue weighted by atomic mass is 9.97. The number of hydrogen-bond acceptors (Lipinski definition) is 4. The highest BCUT2D eigenvalue weighted by atomic mass is 16.2. The van der Waals surface area contributed by atoms with Crippen LogP contribution in [0.15, 0.2) is 12.4 Å². The van der Waals surface area contributed by atoms with Gasteiger partial charge in [-0.25, -0.2) is 0 Å². The maximum absolute atomic E-state index is 12.0. The second kappa shape index (κ2) is 5.95. The van der Waals surface area contributed by atoms with Gasteiger partial charge in [-0.1, -0.05) is 12.1 Å². The van der Waals surface area contributed by atoms with Gasteiger partial charge in [0, 0.05) is 25.8 Å². The summed E-state index contributed by atoms with van der Waals surface area (Å²) in [6.07, 6.45) is 6.41. The van der Waals surface area contributed by atoms with E-state index in [2.05, 4.69) is 10.3 Å². The molecule has 0 unspecified atom stereocenters. The first-order valence-electron chi connectivity index (χ1n) is 6.59. The van der Waals surface area contributed by atoms with E-state index in [1.54, 1.807) is 6.20 Å². The average Bonchev–Trinajstić information content (AvgIpc) is 2.90. The van der Waals surface area contributed by atoms with Crippen molar-refractivity contribution in [2.75, 3.05) is 13.1 Å². The van der Waals surface area contributed by atoms with Crippen LogP contribution in [0.25, 0.3) is 0 Å². The summed E-state index contributed by atoms with van der Waals surface area (Å²) in [6.45, 7) is 4.39. The van der Waals surface area contributed by atoms with Gasteiger partial charge in [-0.2, -0.15) is 0 Å². The molecule has 1 saturated heterocycles. The van der Waals surface area contributed by atoms with E-state index in [9.17, 15) is 4.79 Å². The summed E-state index contributed by atoms with van der Waals surface area (Å²) in [5.41, 5.74) is 5.81. The van der Waals surface area contributed by atoms with Crippen molar-refractivity contribution in [1.82, 2.24) is 19.9 Å². The Morgan fingerprint density at radius 2 is 2.44 bits per heavy atom. The molecule has 0 aliphatic carbocycles. The van der Waals surface area contributed by atoms with E-state index in [0.29, 0.717) is 12.3 Å². The molecule has 6 nitrogen and oxygen atoms in total. The van der Waals surface area contributed by atoms with Crippen molar-refractivity contribution in [1.29, 1.82) is 0 Å². The topological polar surface area (TPSA) is 77.0 Å². The molecule has 1 aromatic rings. The summed E-state index contributed by atoms with van der Waals surface area (Å²) >= 11 is 0. The second-order valence-corrected chi connectivity index (χ2v) is 4.93. The molecule has 18 heavy (non-hydrogen) atoms. The lowest BCUT2D eigenvalue weighted by Crippen LogP contribution is -2.48. The number of likely N-dealkylation sites (tertiary alicyclic amines) is 1. The first-order valence-corrected chi connectivity index (χ1v) is 6.59. The quantitative estimate of drug-likeness (QED) is 0.832. The van der Waals surface area contributed by atoms with Gasteiger partial charge < -0.3 is 10.6 Å². The predicted octanol–water partition coefficient (Wildman–Crippen LogP) is 0.254. The van der Waals surface area contributed by atoms with E-state index in [1.165, 1.54) is 0 Å². The molecule has 2 atom stereocenters. The van der Waals surface area contributed by atoms with Crippen molar-refractivity contribution in [3.63, 3.8) is 0 Å². The summed E-state index contributed by atoms with van der Waals surface area (Å²) < 4.78 is 1.83. The van der Waals surface area contributed by atoms with Crippen LogP contribution in [0.5, 0.6) is 0 Å². The third kappa shape index (κ3) is 3.07. The fourth-order valence-electron chi connectivity index (χ4n) is 2.42. The Labute approximate surface area is 107 Å². The number of carbonyl (C=O) groups is 1. The van der Waals surface area contributed by atoms with Crippen LogP contribution < -0.4 is 5.73 Å². The van der Waals surface area contributed by atoms with Gasteiger partial charge in [0.05, 0.1) is 12.2 Å². The lowest BCUT2D eigenvalue weighted by molar-refractivity contribution is -0.134. The SMILES string of the molecule is CC[C@H](N)C(=O)N1CCC[C@@H](Cn2ccnn2)C1. The van der Waals surface area contributed by atoms with Crippen LogP contribution >= 0.6 is 0 Å². The number of amides is 1. The van der Waals surface area contributed by atoms with Gasteiger partial charge in [-0.3, -0.25) is 9.48 Å².